The monoisotopic (exact) mass is 288 g/mol. The van der Waals surface area contributed by atoms with E-state index in [0.717, 1.165) is 6.42 Å². The zero-order chi connectivity index (χ0) is 15.9. The van der Waals surface area contributed by atoms with Crippen molar-refractivity contribution in [2.75, 3.05) is 0 Å². The SMILES string of the molecule is CCCC/C=C/C(C)OC(=O)c1ccc(C(C)(C)C)cc1. The summed E-state index contributed by atoms with van der Waals surface area (Å²) >= 11 is 0. The van der Waals surface area contributed by atoms with E-state index in [0.29, 0.717) is 5.56 Å². The fraction of sp³-hybridized carbons (Fsp3) is 0.526. The van der Waals surface area contributed by atoms with Crippen LogP contribution in [0.15, 0.2) is 36.4 Å². The van der Waals surface area contributed by atoms with Gasteiger partial charge in [0.2, 0.25) is 0 Å². The van der Waals surface area contributed by atoms with E-state index in [9.17, 15) is 4.79 Å². The fourth-order valence-electron chi connectivity index (χ4n) is 1.99. The van der Waals surface area contributed by atoms with Crippen LogP contribution >= 0.6 is 0 Å². The molecule has 0 N–H and O–H groups in total. The summed E-state index contributed by atoms with van der Waals surface area (Å²) in [6.07, 6.45) is 7.25. The van der Waals surface area contributed by atoms with Crippen molar-refractivity contribution in [3.05, 3.63) is 47.5 Å². The summed E-state index contributed by atoms with van der Waals surface area (Å²) in [4.78, 5) is 12.0. The molecule has 0 aliphatic rings. The van der Waals surface area contributed by atoms with Gasteiger partial charge in [-0.25, -0.2) is 4.79 Å². The lowest BCUT2D eigenvalue weighted by Crippen LogP contribution is -2.14. The number of benzene rings is 1. The Hall–Kier alpha value is -1.57. The van der Waals surface area contributed by atoms with Gasteiger partial charge in [0.25, 0.3) is 0 Å². The maximum absolute atomic E-state index is 12.0. The molecule has 1 unspecified atom stereocenters. The van der Waals surface area contributed by atoms with Crippen molar-refractivity contribution >= 4 is 5.97 Å². The van der Waals surface area contributed by atoms with Crippen LogP contribution in [0.5, 0.6) is 0 Å². The summed E-state index contributed by atoms with van der Waals surface area (Å²) in [5.41, 5.74) is 1.92. The van der Waals surface area contributed by atoms with Crippen molar-refractivity contribution in [2.45, 2.75) is 65.4 Å². The van der Waals surface area contributed by atoms with E-state index < -0.39 is 0 Å². The molecule has 0 fully saturated rings. The summed E-state index contributed by atoms with van der Waals surface area (Å²) in [5, 5.41) is 0. The highest BCUT2D eigenvalue weighted by Gasteiger charge is 2.15. The van der Waals surface area contributed by atoms with Crippen LogP contribution in [-0.4, -0.2) is 12.1 Å². The minimum atomic E-state index is -0.261. The standard InChI is InChI=1S/C19H28O2/c1-6-7-8-9-10-15(2)21-18(20)16-11-13-17(14-12-16)19(3,4)5/h9-15H,6-8H2,1-5H3/b10-9+. The quantitative estimate of drug-likeness (QED) is 0.404. The molecule has 1 atom stereocenters. The molecule has 0 heterocycles. The van der Waals surface area contributed by atoms with Gasteiger partial charge in [-0.2, -0.15) is 0 Å². The van der Waals surface area contributed by atoms with Crippen LogP contribution in [0.4, 0.5) is 0 Å². The van der Waals surface area contributed by atoms with Gasteiger partial charge in [0.05, 0.1) is 5.56 Å². The van der Waals surface area contributed by atoms with E-state index >= 15 is 0 Å². The molecular formula is C19H28O2. The van der Waals surface area contributed by atoms with E-state index in [1.54, 1.807) is 0 Å². The summed E-state index contributed by atoms with van der Waals surface area (Å²) < 4.78 is 5.42. The minimum absolute atomic E-state index is 0.0950. The van der Waals surface area contributed by atoms with Crippen LogP contribution < -0.4 is 0 Å². The molecule has 0 saturated carbocycles. The number of esters is 1. The van der Waals surface area contributed by atoms with Gasteiger partial charge >= 0.3 is 5.97 Å². The number of rotatable bonds is 6. The second kappa shape index (κ2) is 8.02. The molecule has 0 bridgehead atoms. The fourth-order valence-corrected chi connectivity index (χ4v) is 1.99. The third-order valence-electron chi connectivity index (χ3n) is 3.41. The molecular weight excluding hydrogens is 260 g/mol. The van der Waals surface area contributed by atoms with Crippen LogP contribution in [0.1, 0.15) is 69.8 Å². The number of hydrogen-bond donors (Lipinski definition) is 0. The van der Waals surface area contributed by atoms with E-state index in [4.69, 9.17) is 4.74 Å². The number of ether oxygens (including phenoxy) is 1. The topological polar surface area (TPSA) is 26.3 Å². The van der Waals surface area contributed by atoms with Gasteiger partial charge < -0.3 is 4.74 Å². The predicted octanol–water partition coefficient (Wildman–Crippen LogP) is 5.28. The third-order valence-corrected chi connectivity index (χ3v) is 3.41. The molecule has 116 valence electrons. The van der Waals surface area contributed by atoms with Gasteiger partial charge in [-0.15, -0.1) is 0 Å². The molecule has 0 saturated heterocycles. The summed E-state index contributed by atoms with van der Waals surface area (Å²) in [7, 11) is 0. The lowest BCUT2D eigenvalue weighted by atomic mass is 9.87. The predicted molar refractivity (Wildman–Crippen MR) is 88.7 cm³/mol. The van der Waals surface area contributed by atoms with Crippen LogP contribution in [0, 0.1) is 0 Å². The van der Waals surface area contributed by atoms with Crippen molar-refractivity contribution in [2.24, 2.45) is 0 Å². The molecule has 1 aromatic carbocycles. The number of allylic oxidation sites excluding steroid dienone is 1. The van der Waals surface area contributed by atoms with Crippen molar-refractivity contribution in [3.63, 3.8) is 0 Å². The molecule has 0 aliphatic heterocycles. The first-order chi connectivity index (χ1) is 9.84. The number of unbranched alkanes of at least 4 members (excludes halogenated alkanes) is 2. The number of carbonyl (C=O) groups excluding carboxylic acids is 1. The Morgan fingerprint density at radius 1 is 1.24 bits per heavy atom. The van der Waals surface area contributed by atoms with E-state index in [1.807, 2.05) is 37.3 Å². The molecule has 2 nitrogen and oxygen atoms in total. The molecule has 0 spiro atoms. The maximum Gasteiger partial charge on any atom is 0.338 e. The van der Waals surface area contributed by atoms with Crippen LogP contribution in [0.2, 0.25) is 0 Å². The molecule has 0 aromatic heterocycles. The number of carbonyl (C=O) groups is 1. The molecule has 0 radical (unpaired) electrons. The molecule has 1 rings (SSSR count). The number of hydrogen-bond acceptors (Lipinski definition) is 2. The van der Waals surface area contributed by atoms with E-state index in [2.05, 4.69) is 33.8 Å². The van der Waals surface area contributed by atoms with Gasteiger partial charge in [-0.3, -0.25) is 0 Å². The smallest absolute Gasteiger partial charge is 0.338 e. The van der Waals surface area contributed by atoms with Crippen LogP contribution in [0.25, 0.3) is 0 Å². The van der Waals surface area contributed by atoms with Gasteiger partial charge in [-0.1, -0.05) is 58.7 Å². The Morgan fingerprint density at radius 2 is 1.86 bits per heavy atom. The van der Waals surface area contributed by atoms with Crippen molar-refractivity contribution in [1.29, 1.82) is 0 Å². The first-order valence-corrected chi connectivity index (χ1v) is 7.82. The van der Waals surface area contributed by atoms with Gasteiger partial charge in [0, 0.05) is 0 Å². The third kappa shape index (κ3) is 6.16. The summed E-state index contributed by atoms with van der Waals surface area (Å²) in [5.74, 6) is -0.261. The lowest BCUT2D eigenvalue weighted by molar-refractivity contribution is 0.0424. The van der Waals surface area contributed by atoms with Crippen LogP contribution in [0.3, 0.4) is 0 Å². The van der Waals surface area contributed by atoms with Crippen molar-refractivity contribution < 1.29 is 9.53 Å². The normalized spacial score (nSPS) is 13.4. The average Bonchev–Trinajstić information content (AvgIpc) is 2.43. The highest BCUT2D eigenvalue weighted by Crippen LogP contribution is 2.22. The second-order valence-electron chi connectivity index (χ2n) is 6.51. The van der Waals surface area contributed by atoms with Crippen molar-refractivity contribution in [3.8, 4) is 0 Å². The molecule has 21 heavy (non-hydrogen) atoms. The summed E-state index contributed by atoms with van der Waals surface area (Å²) in [6, 6.07) is 7.68. The first kappa shape index (κ1) is 17.5. The maximum atomic E-state index is 12.0. The highest BCUT2D eigenvalue weighted by atomic mass is 16.5. The minimum Gasteiger partial charge on any atom is -0.455 e. The van der Waals surface area contributed by atoms with Gasteiger partial charge in [-0.05, 0) is 42.5 Å². The molecule has 0 amide bonds. The molecule has 1 aromatic rings. The Balaban J connectivity index is 2.57. The Labute approximate surface area is 129 Å². The summed E-state index contributed by atoms with van der Waals surface area (Å²) in [6.45, 7) is 10.5. The Kier molecular flexibility index (Phi) is 6.67. The highest BCUT2D eigenvalue weighted by molar-refractivity contribution is 5.89. The van der Waals surface area contributed by atoms with Gasteiger partial charge in [0.15, 0.2) is 0 Å². The second-order valence-corrected chi connectivity index (χ2v) is 6.51. The molecule has 0 aliphatic carbocycles. The Bertz CT molecular complexity index is 463. The van der Waals surface area contributed by atoms with E-state index in [1.165, 1.54) is 18.4 Å². The zero-order valence-electron chi connectivity index (χ0n) is 14.0. The average molecular weight is 288 g/mol. The van der Waals surface area contributed by atoms with E-state index in [-0.39, 0.29) is 17.5 Å². The lowest BCUT2D eigenvalue weighted by Gasteiger charge is -2.19. The zero-order valence-corrected chi connectivity index (χ0v) is 14.0. The first-order valence-electron chi connectivity index (χ1n) is 7.82. The Morgan fingerprint density at radius 3 is 2.38 bits per heavy atom. The molecule has 2 heteroatoms. The largest absolute Gasteiger partial charge is 0.455 e. The van der Waals surface area contributed by atoms with Crippen LogP contribution in [-0.2, 0) is 10.2 Å². The van der Waals surface area contributed by atoms with Crippen molar-refractivity contribution in [1.82, 2.24) is 0 Å². The van der Waals surface area contributed by atoms with Gasteiger partial charge in [0.1, 0.15) is 6.10 Å².